The van der Waals surface area contributed by atoms with Gasteiger partial charge in [0.05, 0.1) is 45.2 Å². The number of fused-ring (bicyclic) bond motifs is 24. The fourth-order valence-electron chi connectivity index (χ4n) is 18.3. The van der Waals surface area contributed by atoms with Crippen molar-refractivity contribution in [2.45, 2.75) is 162 Å². The van der Waals surface area contributed by atoms with Crippen molar-refractivity contribution < 1.29 is 0 Å². The molecule has 8 aliphatic rings. The Labute approximate surface area is 658 Å². The predicted molar refractivity (Wildman–Crippen MR) is 471 cm³/mol. The van der Waals surface area contributed by atoms with Crippen LogP contribution in [0.25, 0.3) is 89.0 Å². The molecule has 0 atom stereocenters. The van der Waals surface area contributed by atoms with Crippen LogP contribution in [0.3, 0.4) is 0 Å². The highest BCUT2D eigenvalue weighted by atomic mass is 15.0. The first kappa shape index (κ1) is 72.7. The Morgan fingerprint density at radius 2 is 0.554 bits per heavy atom. The Hall–Kier alpha value is -12.1. The topological polar surface area (TPSA) is 61.1 Å². The van der Waals surface area contributed by atoms with Crippen molar-refractivity contribution in [3.05, 3.63) is 366 Å². The van der Waals surface area contributed by atoms with Gasteiger partial charge >= 0.3 is 0 Å². The van der Waals surface area contributed by atoms with Crippen LogP contribution in [0.2, 0.25) is 0 Å². The Morgan fingerprint density at radius 1 is 0.250 bits per heavy atom. The average Bonchev–Trinajstić information content (AvgIpc) is 1.67. The highest BCUT2D eigenvalue weighted by Crippen LogP contribution is 2.42. The van der Waals surface area contributed by atoms with Gasteiger partial charge in [-0.15, -0.1) is 0 Å². The quantitative estimate of drug-likeness (QED) is 0.152. The van der Waals surface area contributed by atoms with Crippen LogP contribution in [-0.4, -0.2) is 45.2 Å². The minimum absolute atomic E-state index is 1.05. The molecule has 0 aliphatic heterocycles. The number of imidazole rings is 2. The van der Waals surface area contributed by atoms with E-state index < -0.39 is 0 Å². The number of allylic oxidation sites excluding steroid dienone is 16. The maximum Gasteiger partial charge on any atom is 0.137 e. The first-order chi connectivity index (χ1) is 54.2. The zero-order valence-electron chi connectivity index (χ0n) is 68.1. The van der Waals surface area contributed by atoms with Gasteiger partial charge in [0.2, 0.25) is 0 Å². The predicted octanol–water partition coefficient (Wildman–Crippen LogP) is 25.1. The molecular formula is C102H102N10. The molecule has 0 saturated heterocycles. The number of pyridine rings is 8. The number of hydrogen-bond donors (Lipinski definition) is 0. The second kappa shape index (κ2) is 29.3. The van der Waals surface area contributed by atoms with E-state index in [0.29, 0.717) is 0 Å². The monoisotopic (exact) mass is 1470 g/mol. The van der Waals surface area contributed by atoms with Crippen LogP contribution in [0.4, 0.5) is 0 Å². The van der Waals surface area contributed by atoms with E-state index in [1.807, 2.05) is 12.1 Å². The van der Waals surface area contributed by atoms with Gasteiger partial charge < -0.3 is 35.2 Å². The van der Waals surface area contributed by atoms with E-state index in [1.54, 1.807) is 0 Å². The van der Waals surface area contributed by atoms with E-state index in [0.717, 1.165) is 62.7 Å². The Kier molecular flexibility index (Phi) is 19.0. The zero-order valence-corrected chi connectivity index (χ0v) is 68.1. The van der Waals surface area contributed by atoms with Gasteiger partial charge in [-0.05, 0) is 348 Å². The molecule has 112 heavy (non-hydrogen) atoms. The summed E-state index contributed by atoms with van der Waals surface area (Å²) in [6.45, 7) is 35.4. The Morgan fingerprint density at radius 3 is 0.946 bits per heavy atom. The molecule has 0 unspecified atom stereocenters. The lowest BCUT2D eigenvalue weighted by Gasteiger charge is -2.01. The highest BCUT2D eigenvalue weighted by molar-refractivity contribution is 5.88. The van der Waals surface area contributed by atoms with E-state index in [9.17, 15) is 0 Å². The average molecular weight is 1470 g/mol. The summed E-state index contributed by atoms with van der Waals surface area (Å²) in [5, 5.41) is 0. The number of rotatable bonds is 0. The van der Waals surface area contributed by atoms with E-state index >= 15 is 0 Å². The molecule has 16 aromatic rings. The Balaban J connectivity index is 0.0000000929. The van der Waals surface area contributed by atoms with Crippen LogP contribution >= 0.6 is 0 Å². The molecule has 0 aromatic carbocycles. The molecule has 0 radical (unpaired) electrons. The molecule has 0 amide bonds. The lowest BCUT2D eigenvalue weighted by atomic mass is 10.1. The number of nitrogens with zero attached hydrogens (tertiary/aromatic N) is 10. The van der Waals surface area contributed by atoms with Crippen LogP contribution in [0.15, 0.2) is 277 Å². The summed E-state index contributed by atoms with van der Waals surface area (Å²) in [5.74, 6) is 0. The lowest BCUT2D eigenvalue weighted by Crippen LogP contribution is -1.90. The minimum Gasteiger partial charge on any atom is -0.323 e. The molecule has 0 fully saturated rings. The van der Waals surface area contributed by atoms with Gasteiger partial charge in [-0.1, -0.05) is 93.1 Å². The van der Waals surface area contributed by atoms with E-state index in [1.165, 1.54) is 212 Å². The molecule has 0 bridgehead atoms. The molecule has 0 N–H and O–H groups in total. The van der Waals surface area contributed by atoms with E-state index in [-0.39, 0.29) is 0 Å². The summed E-state index contributed by atoms with van der Waals surface area (Å²) < 4.78 is 17.9. The first-order valence-corrected chi connectivity index (χ1v) is 40.0. The van der Waals surface area contributed by atoms with Crippen molar-refractivity contribution in [1.82, 2.24) is 45.2 Å². The van der Waals surface area contributed by atoms with Crippen LogP contribution in [0.1, 0.15) is 201 Å². The second-order valence-corrected chi connectivity index (χ2v) is 32.4. The minimum atomic E-state index is 1.05. The first-order valence-electron chi connectivity index (χ1n) is 40.0. The van der Waals surface area contributed by atoms with Crippen LogP contribution in [-0.2, 0) is 51.4 Å². The number of hydrogen-bond acceptors (Lipinski definition) is 2. The van der Waals surface area contributed by atoms with Gasteiger partial charge in [0.1, 0.15) is 11.3 Å². The molecule has 16 aromatic heterocycles. The standard InChI is InChI=1S/6C13H13N.2C12H12N2/c2*1-9-7-11-12(10(9)2)8-14-6-4-3-5-13(11)14;2*1-9-7-11-8-14-6-4-3-5-12(14)13(11)10(9)2;2*1-9-7-11-8-12-5-3-4-6-14(12)13(11)10(9)2;2*1-8-7-10-12(9(8)2)13-11-5-3-4-6-14(10)11/h6*3-6,8H,7H2,1-2H3;2*3-6H,7H2,1-2H3. The smallest absolute Gasteiger partial charge is 0.137 e. The van der Waals surface area contributed by atoms with Gasteiger partial charge in [0, 0.05) is 120 Å². The molecule has 16 heterocycles. The third-order valence-corrected chi connectivity index (χ3v) is 25.6. The normalized spacial score (nSPS) is 15.3. The number of aromatic nitrogens is 10. The SMILES string of the molecule is CC1=C(C)c2c(cc3ccccn23)C1.CC1=C(C)c2c(cc3ccccn23)C1.CC1=C(C)c2c(cn3ccccc23)C1.CC1=C(C)c2c(cn3ccccc23)C1.CC1=C(C)c2cn3ccccc3c2C1.CC1=C(C)c2cn3ccccc3c2C1.CC1=C(C)c2nc3ccccn3c2C1.CC1=C(C)c2nc3ccccn3c2C1. The third-order valence-electron chi connectivity index (χ3n) is 25.6. The van der Waals surface area contributed by atoms with E-state index in [4.69, 9.17) is 0 Å². The largest absolute Gasteiger partial charge is 0.323 e. The summed E-state index contributed by atoms with van der Waals surface area (Å²) in [4.78, 5) is 9.26. The molecule has 24 rings (SSSR count). The molecule has 10 nitrogen and oxygen atoms in total. The zero-order chi connectivity index (χ0) is 77.7. The van der Waals surface area contributed by atoms with Crippen molar-refractivity contribution in [1.29, 1.82) is 0 Å². The van der Waals surface area contributed by atoms with Gasteiger partial charge in [0.15, 0.2) is 0 Å². The molecule has 0 spiro atoms. The maximum atomic E-state index is 4.63. The van der Waals surface area contributed by atoms with Crippen molar-refractivity contribution >= 4 is 89.0 Å². The summed E-state index contributed by atoms with van der Waals surface area (Å²) in [5.41, 5.74) is 56.2. The molecular weight excluding hydrogens is 1370 g/mol. The van der Waals surface area contributed by atoms with E-state index in [2.05, 4.69) is 376 Å². The maximum absolute atomic E-state index is 4.63. The third kappa shape index (κ3) is 12.8. The Bertz CT molecular complexity index is 5960. The van der Waals surface area contributed by atoms with Gasteiger partial charge in [-0.25, -0.2) is 9.97 Å². The summed E-state index contributed by atoms with van der Waals surface area (Å²) in [6.07, 6.45) is 34.8. The molecule has 8 aliphatic carbocycles. The van der Waals surface area contributed by atoms with Crippen LogP contribution in [0, 0.1) is 0 Å². The molecule has 10 heteroatoms. The molecule has 0 saturated carbocycles. The van der Waals surface area contributed by atoms with Crippen molar-refractivity contribution in [3.8, 4) is 0 Å². The van der Waals surface area contributed by atoms with Gasteiger partial charge in [-0.3, -0.25) is 0 Å². The lowest BCUT2D eigenvalue weighted by molar-refractivity contribution is 1.03. The fourth-order valence-corrected chi connectivity index (χ4v) is 18.3. The molecule has 560 valence electrons. The van der Waals surface area contributed by atoms with Gasteiger partial charge in [0.25, 0.3) is 0 Å². The fraction of sp³-hybridized carbons (Fsp3) is 0.235. The van der Waals surface area contributed by atoms with Crippen LogP contribution in [0.5, 0.6) is 0 Å². The summed E-state index contributed by atoms with van der Waals surface area (Å²) >= 11 is 0. The highest BCUT2D eigenvalue weighted by Gasteiger charge is 2.27. The summed E-state index contributed by atoms with van der Waals surface area (Å²) in [6, 6.07) is 55.1. The summed E-state index contributed by atoms with van der Waals surface area (Å²) in [7, 11) is 0. The second-order valence-electron chi connectivity index (χ2n) is 32.4. The van der Waals surface area contributed by atoms with Gasteiger partial charge in [-0.2, -0.15) is 0 Å². The van der Waals surface area contributed by atoms with Crippen molar-refractivity contribution in [2.75, 3.05) is 0 Å². The van der Waals surface area contributed by atoms with Crippen LogP contribution < -0.4 is 0 Å². The van der Waals surface area contributed by atoms with Crippen molar-refractivity contribution in [3.63, 3.8) is 0 Å². The van der Waals surface area contributed by atoms with Crippen molar-refractivity contribution in [2.24, 2.45) is 0 Å².